The highest BCUT2D eigenvalue weighted by molar-refractivity contribution is 5.65. The van der Waals surface area contributed by atoms with Crippen molar-refractivity contribution in [1.29, 1.82) is 0 Å². The zero-order valence-corrected chi connectivity index (χ0v) is 19.4. The van der Waals surface area contributed by atoms with Crippen LogP contribution in [0.1, 0.15) is 11.3 Å². The molecule has 0 aliphatic heterocycles. The predicted octanol–water partition coefficient (Wildman–Crippen LogP) is 5.34. The summed E-state index contributed by atoms with van der Waals surface area (Å²) in [5, 5.41) is 14.1. The van der Waals surface area contributed by atoms with E-state index in [0.717, 1.165) is 22.6 Å². The number of benzene rings is 1. The molecule has 3 heterocycles. The number of pyridine rings is 3. The lowest BCUT2D eigenvalue weighted by Crippen LogP contribution is -2.26. The highest BCUT2D eigenvalue weighted by atomic mass is 16.5. The van der Waals surface area contributed by atoms with Crippen LogP contribution in [-0.4, -0.2) is 39.3 Å². The summed E-state index contributed by atoms with van der Waals surface area (Å²) < 4.78 is 11.7. The highest BCUT2D eigenvalue weighted by Gasteiger charge is 2.13. The molecule has 3 N–H and O–H groups in total. The molecule has 0 aliphatic rings. The first kappa shape index (κ1) is 23.5. The van der Waals surface area contributed by atoms with E-state index in [2.05, 4.69) is 20.6 Å². The first-order chi connectivity index (χ1) is 17.0. The van der Waals surface area contributed by atoms with Crippen molar-refractivity contribution in [2.24, 2.45) is 0 Å². The number of nitrogens with one attached hydrogen (secondary N) is 2. The van der Waals surface area contributed by atoms with E-state index in [9.17, 15) is 4.79 Å². The minimum Gasteiger partial charge on any atom is -0.492 e. The molecule has 0 radical (unpaired) electrons. The Hall–Kier alpha value is -4.66. The molecule has 1 aromatic carbocycles. The molecule has 9 nitrogen and oxygen atoms in total. The average molecular weight is 472 g/mol. The number of rotatable bonds is 9. The highest BCUT2D eigenvalue weighted by Crippen LogP contribution is 2.33. The number of carboxylic acid groups (broad SMARTS) is 1. The van der Waals surface area contributed by atoms with E-state index in [1.54, 1.807) is 36.7 Å². The van der Waals surface area contributed by atoms with Gasteiger partial charge in [0.1, 0.15) is 29.6 Å². The molecule has 0 unspecified atom stereocenters. The summed E-state index contributed by atoms with van der Waals surface area (Å²) in [5.74, 6) is 2.47. The van der Waals surface area contributed by atoms with Crippen molar-refractivity contribution in [3.8, 4) is 28.6 Å². The van der Waals surface area contributed by atoms with Crippen molar-refractivity contribution in [3.05, 3.63) is 84.3 Å². The van der Waals surface area contributed by atoms with Gasteiger partial charge in [-0.2, -0.15) is 0 Å². The molecule has 0 spiro atoms. The van der Waals surface area contributed by atoms with Gasteiger partial charge in [-0.1, -0.05) is 6.07 Å². The van der Waals surface area contributed by atoms with E-state index in [0.29, 0.717) is 28.8 Å². The molecule has 0 saturated carbocycles. The van der Waals surface area contributed by atoms with Gasteiger partial charge in [-0.3, -0.25) is 4.98 Å². The fraction of sp³-hybridized carbons (Fsp3) is 0.154. The Kier molecular flexibility index (Phi) is 7.37. The van der Waals surface area contributed by atoms with E-state index in [-0.39, 0.29) is 13.2 Å². The van der Waals surface area contributed by atoms with Gasteiger partial charge in [0.25, 0.3) is 0 Å². The summed E-state index contributed by atoms with van der Waals surface area (Å²) in [6.45, 7) is 4.41. The molecule has 0 atom stereocenters. The predicted molar refractivity (Wildman–Crippen MR) is 133 cm³/mol. The molecule has 0 saturated heterocycles. The van der Waals surface area contributed by atoms with Gasteiger partial charge in [0.05, 0.1) is 12.2 Å². The summed E-state index contributed by atoms with van der Waals surface area (Å²) in [7, 11) is 0. The van der Waals surface area contributed by atoms with E-state index >= 15 is 0 Å². The molecule has 4 rings (SSSR count). The maximum absolute atomic E-state index is 10.5. The van der Waals surface area contributed by atoms with Gasteiger partial charge in [0.15, 0.2) is 5.75 Å². The van der Waals surface area contributed by atoms with E-state index in [1.807, 2.05) is 50.2 Å². The second kappa shape index (κ2) is 11.0. The van der Waals surface area contributed by atoms with Gasteiger partial charge >= 0.3 is 6.09 Å². The van der Waals surface area contributed by atoms with Gasteiger partial charge in [-0.25, -0.2) is 14.8 Å². The van der Waals surface area contributed by atoms with Crippen LogP contribution in [0.15, 0.2) is 73.1 Å². The Labute approximate surface area is 202 Å². The molecular formula is C26H25N5O4. The van der Waals surface area contributed by atoms with Crippen LogP contribution in [0.3, 0.4) is 0 Å². The Balaban J connectivity index is 1.46. The number of ether oxygens (including phenoxy) is 2. The van der Waals surface area contributed by atoms with E-state index in [1.165, 1.54) is 0 Å². The lowest BCUT2D eigenvalue weighted by molar-refractivity contribution is 0.191. The minimum atomic E-state index is -1.08. The summed E-state index contributed by atoms with van der Waals surface area (Å²) >= 11 is 0. The minimum absolute atomic E-state index is 0.212. The SMILES string of the molecule is Cc1cc(Oc2ccnc(Nc3ccc(OCCNC(=O)O)cc3)c2)c(-c2ccccn2)nc1C. The summed E-state index contributed by atoms with van der Waals surface area (Å²) in [4.78, 5) is 24.0. The summed E-state index contributed by atoms with van der Waals surface area (Å²) in [5.41, 5.74) is 4.16. The Bertz CT molecular complexity index is 1300. The van der Waals surface area contributed by atoms with Gasteiger partial charge in [0.2, 0.25) is 0 Å². The number of amides is 1. The monoisotopic (exact) mass is 471 g/mol. The maximum atomic E-state index is 10.5. The van der Waals surface area contributed by atoms with Crippen LogP contribution in [0.25, 0.3) is 11.4 Å². The normalized spacial score (nSPS) is 10.5. The zero-order chi connectivity index (χ0) is 24.6. The number of hydrogen-bond donors (Lipinski definition) is 3. The zero-order valence-electron chi connectivity index (χ0n) is 19.4. The number of hydrogen-bond acceptors (Lipinski definition) is 7. The van der Waals surface area contributed by atoms with Gasteiger partial charge < -0.3 is 25.2 Å². The summed E-state index contributed by atoms with van der Waals surface area (Å²) in [6.07, 6.45) is 2.32. The third-order valence-corrected chi connectivity index (χ3v) is 5.07. The molecule has 0 fully saturated rings. The third kappa shape index (κ3) is 6.44. The van der Waals surface area contributed by atoms with Crippen molar-refractivity contribution in [3.63, 3.8) is 0 Å². The number of aryl methyl sites for hydroxylation is 2. The Morgan fingerprint density at radius 3 is 2.54 bits per heavy atom. The number of nitrogens with zero attached hydrogens (tertiary/aromatic N) is 3. The average Bonchev–Trinajstić information content (AvgIpc) is 2.86. The largest absolute Gasteiger partial charge is 0.492 e. The molecule has 35 heavy (non-hydrogen) atoms. The van der Waals surface area contributed by atoms with Crippen LogP contribution < -0.4 is 20.1 Å². The molecule has 9 heteroatoms. The second-order valence-corrected chi connectivity index (χ2v) is 7.66. The lowest BCUT2D eigenvalue weighted by atomic mass is 10.1. The van der Waals surface area contributed by atoms with Crippen molar-refractivity contribution < 1.29 is 19.4 Å². The van der Waals surface area contributed by atoms with Crippen LogP contribution in [0.5, 0.6) is 17.2 Å². The number of aromatic nitrogens is 3. The summed E-state index contributed by atoms with van der Waals surface area (Å²) in [6, 6.07) is 18.5. The molecular weight excluding hydrogens is 446 g/mol. The Morgan fingerprint density at radius 2 is 1.80 bits per heavy atom. The molecule has 0 bridgehead atoms. The van der Waals surface area contributed by atoms with E-state index < -0.39 is 6.09 Å². The van der Waals surface area contributed by atoms with Crippen molar-refractivity contribution in [2.75, 3.05) is 18.5 Å². The number of carbonyl (C=O) groups is 1. The van der Waals surface area contributed by atoms with Crippen LogP contribution in [-0.2, 0) is 0 Å². The maximum Gasteiger partial charge on any atom is 0.404 e. The van der Waals surface area contributed by atoms with Gasteiger partial charge in [-0.05, 0) is 67.9 Å². The fourth-order valence-electron chi connectivity index (χ4n) is 3.22. The molecule has 178 valence electrons. The van der Waals surface area contributed by atoms with Crippen LogP contribution in [0.4, 0.5) is 16.3 Å². The van der Waals surface area contributed by atoms with Crippen LogP contribution >= 0.6 is 0 Å². The fourth-order valence-corrected chi connectivity index (χ4v) is 3.22. The number of anilines is 2. The van der Waals surface area contributed by atoms with Crippen molar-refractivity contribution in [1.82, 2.24) is 20.3 Å². The molecule has 3 aromatic heterocycles. The second-order valence-electron chi connectivity index (χ2n) is 7.66. The standard InChI is InChI=1S/C26H25N5O4/c1-17-15-23(25(30-18(17)2)22-5-3-4-11-27-22)35-21-10-12-28-24(16-21)31-19-6-8-20(9-7-19)34-14-13-29-26(32)33/h3-12,15-16,29H,13-14H2,1-2H3,(H,28,31)(H,32,33). The lowest BCUT2D eigenvalue weighted by Gasteiger charge is -2.14. The first-order valence-electron chi connectivity index (χ1n) is 11.0. The first-order valence-corrected chi connectivity index (χ1v) is 11.0. The molecule has 0 aliphatic carbocycles. The van der Waals surface area contributed by atoms with Gasteiger partial charge in [-0.15, -0.1) is 0 Å². The molecule has 4 aromatic rings. The topological polar surface area (TPSA) is 118 Å². The van der Waals surface area contributed by atoms with Gasteiger partial charge in [0, 0.05) is 29.8 Å². The quantitative estimate of drug-likeness (QED) is 0.280. The smallest absolute Gasteiger partial charge is 0.404 e. The van der Waals surface area contributed by atoms with Crippen LogP contribution in [0.2, 0.25) is 0 Å². The molecule has 1 amide bonds. The van der Waals surface area contributed by atoms with Crippen LogP contribution in [0, 0.1) is 13.8 Å². The van der Waals surface area contributed by atoms with Crippen molar-refractivity contribution in [2.45, 2.75) is 13.8 Å². The van der Waals surface area contributed by atoms with Crippen molar-refractivity contribution >= 4 is 17.6 Å². The van der Waals surface area contributed by atoms with E-state index in [4.69, 9.17) is 19.6 Å². The third-order valence-electron chi connectivity index (χ3n) is 5.07. The Morgan fingerprint density at radius 1 is 0.971 bits per heavy atom.